The molecule has 0 atom stereocenters. The van der Waals surface area contributed by atoms with Crippen molar-refractivity contribution < 1.29 is 40.7 Å². The van der Waals surface area contributed by atoms with E-state index in [1.165, 1.54) is 4.90 Å². The molecule has 15 heteroatoms. The fourth-order valence-electron chi connectivity index (χ4n) is 5.37. The van der Waals surface area contributed by atoms with E-state index in [9.17, 15) is 35.9 Å². The number of halogens is 6. The Kier molecular flexibility index (Phi) is 15.2. The summed E-state index contributed by atoms with van der Waals surface area (Å²) in [6, 6.07) is 6.87. The van der Waals surface area contributed by atoms with E-state index in [1.807, 2.05) is 50.8 Å². The SMILES string of the molecule is C#C.CC.CC.O=C(Cc1ccc2n[nH]nc2c1)N1CCC(N2CCN(C(=O)OCc3cc(C(F)(F)F)cc(C(F)(F)F)c3)CC2)CC1. The number of likely N-dealkylation sites (tertiary alicyclic amines) is 1. The molecule has 0 radical (unpaired) electrons. The normalized spacial score (nSPS) is 15.7. The second-order valence-electron chi connectivity index (χ2n) is 10.4. The molecule has 2 aliphatic rings. The Morgan fingerprint density at radius 1 is 0.771 bits per heavy atom. The Morgan fingerprint density at radius 2 is 1.31 bits per heavy atom. The van der Waals surface area contributed by atoms with Gasteiger partial charge in [-0.25, -0.2) is 4.79 Å². The van der Waals surface area contributed by atoms with Crippen LogP contribution in [-0.4, -0.2) is 87.4 Å². The highest BCUT2D eigenvalue weighted by atomic mass is 19.4. The van der Waals surface area contributed by atoms with Crippen molar-refractivity contribution in [3.8, 4) is 12.8 Å². The number of terminal acetylenes is 1. The third-order valence-corrected chi connectivity index (χ3v) is 7.65. The van der Waals surface area contributed by atoms with E-state index in [0.717, 1.165) is 23.9 Å². The van der Waals surface area contributed by atoms with Gasteiger partial charge in [0.25, 0.3) is 0 Å². The van der Waals surface area contributed by atoms with Crippen molar-refractivity contribution in [3.05, 3.63) is 58.7 Å². The number of H-pyrrole nitrogens is 1. The fourth-order valence-corrected chi connectivity index (χ4v) is 5.37. The highest BCUT2D eigenvalue weighted by Crippen LogP contribution is 2.36. The third-order valence-electron chi connectivity index (χ3n) is 7.65. The molecule has 0 aliphatic carbocycles. The molecule has 0 saturated carbocycles. The molecule has 2 aliphatic heterocycles. The van der Waals surface area contributed by atoms with Crippen LogP contribution in [0.15, 0.2) is 36.4 Å². The lowest BCUT2D eigenvalue weighted by Gasteiger charge is -2.42. The predicted octanol–water partition coefficient (Wildman–Crippen LogP) is 6.79. The molecule has 2 aromatic carbocycles. The van der Waals surface area contributed by atoms with Crippen LogP contribution in [-0.2, 0) is 34.9 Å². The second kappa shape index (κ2) is 18.3. The number of nitrogens with one attached hydrogen (secondary N) is 1. The quantitative estimate of drug-likeness (QED) is 0.235. The molecule has 48 heavy (non-hydrogen) atoms. The Hall–Kier alpha value is -4.32. The van der Waals surface area contributed by atoms with Gasteiger partial charge in [-0.05, 0) is 54.3 Å². The Morgan fingerprint density at radius 3 is 1.85 bits per heavy atom. The van der Waals surface area contributed by atoms with Gasteiger partial charge in [-0.1, -0.05) is 33.8 Å². The number of aromatic amines is 1. The molecule has 5 rings (SSSR count). The van der Waals surface area contributed by atoms with Crippen LogP contribution in [0.4, 0.5) is 31.1 Å². The number of aromatic nitrogens is 3. The van der Waals surface area contributed by atoms with Gasteiger partial charge in [-0.3, -0.25) is 9.69 Å². The lowest BCUT2D eigenvalue weighted by molar-refractivity contribution is -0.143. The van der Waals surface area contributed by atoms with Crippen molar-refractivity contribution in [2.45, 2.75) is 72.0 Å². The highest BCUT2D eigenvalue weighted by Gasteiger charge is 2.37. The van der Waals surface area contributed by atoms with Gasteiger partial charge in [0.15, 0.2) is 0 Å². The van der Waals surface area contributed by atoms with E-state index in [1.54, 1.807) is 0 Å². The number of carbonyl (C=O) groups is 2. The Bertz CT molecular complexity index is 1440. The van der Waals surface area contributed by atoms with E-state index in [-0.39, 0.29) is 24.4 Å². The number of carbonyl (C=O) groups excluding carboxylic acids is 2. The first kappa shape index (κ1) is 39.9. The molecule has 3 heterocycles. The van der Waals surface area contributed by atoms with Crippen LogP contribution < -0.4 is 0 Å². The monoisotopic (exact) mass is 684 g/mol. The summed E-state index contributed by atoms with van der Waals surface area (Å²) in [7, 11) is 0. The van der Waals surface area contributed by atoms with E-state index >= 15 is 0 Å². The minimum Gasteiger partial charge on any atom is -0.445 e. The summed E-state index contributed by atoms with van der Waals surface area (Å²) in [6.07, 6.45) is -0.942. The summed E-state index contributed by atoms with van der Waals surface area (Å²) in [5.74, 6) is 0.0342. The number of benzene rings is 2. The number of nitrogens with zero attached hydrogens (tertiary/aromatic N) is 5. The van der Waals surface area contributed by atoms with Gasteiger partial charge in [0.2, 0.25) is 5.91 Å². The number of piperidine rings is 1. The molecule has 2 saturated heterocycles. The largest absolute Gasteiger partial charge is 0.445 e. The average molecular weight is 685 g/mol. The number of hydrogen-bond acceptors (Lipinski definition) is 6. The molecule has 9 nitrogen and oxygen atoms in total. The van der Waals surface area contributed by atoms with Gasteiger partial charge in [-0.15, -0.1) is 12.8 Å². The van der Waals surface area contributed by atoms with Crippen molar-refractivity contribution in [3.63, 3.8) is 0 Å². The first-order valence-corrected chi connectivity index (χ1v) is 15.7. The summed E-state index contributed by atoms with van der Waals surface area (Å²) in [6.45, 7) is 10.2. The zero-order valence-electron chi connectivity index (χ0n) is 27.5. The van der Waals surface area contributed by atoms with E-state index in [4.69, 9.17) is 4.74 Å². The highest BCUT2D eigenvalue weighted by molar-refractivity contribution is 5.81. The predicted molar refractivity (Wildman–Crippen MR) is 170 cm³/mol. The minimum absolute atomic E-state index is 0.0322. The Labute approximate surface area is 276 Å². The number of fused-ring (bicyclic) bond motifs is 1. The third kappa shape index (κ3) is 10.9. The van der Waals surface area contributed by atoms with Gasteiger partial charge < -0.3 is 14.5 Å². The maximum Gasteiger partial charge on any atom is 0.416 e. The van der Waals surface area contributed by atoms with Crippen molar-refractivity contribution >= 4 is 23.0 Å². The molecule has 0 unspecified atom stereocenters. The second-order valence-corrected chi connectivity index (χ2v) is 10.4. The van der Waals surface area contributed by atoms with Gasteiger partial charge >= 0.3 is 18.4 Å². The lowest BCUT2D eigenvalue weighted by Crippen LogP contribution is -2.54. The molecular weight excluding hydrogens is 642 g/mol. The lowest BCUT2D eigenvalue weighted by atomic mass is 10.0. The number of ether oxygens (including phenoxy) is 1. The van der Waals surface area contributed by atoms with Crippen molar-refractivity contribution in [2.24, 2.45) is 0 Å². The minimum atomic E-state index is -4.98. The van der Waals surface area contributed by atoms with E-state index in [0.29, 0.717) is 56.9 Å². The van der Waals surface area contributed by atoms with Gasteiger partial charge in [-0.2, -0.15) is 41.8 Å². The van der Waals surface area contributed by atoms with E-state index < -0.39 is 41.7 Å². The summed E-state index contributed by atoms with van der Waals surface area (Å²) >= 11 is 0. The number of amides is 2. The molecule has 2 fully saturated rings. The van der Waals surface area contributed by atoms with Gasteiger partial charge in [0.1, 0.15) is 17.6 Å². The first-order chi connectivity index (χ1) is 22.9. The fraction of sp³-hybridized carbons (Fsp3) is 0.515. The smallest absolute Gasteiger partial charge is 0.416 e. The van der Waals surface area contributed by atoms with Crippen LogP contribution in [0.1, 0.15) is 62.8 Å². The average Bonchev–Trinajstić information content (AvgIpc) is 3.57. The summed E-state index contributed by atoms with van der Waals surface area (Å²) in [4.78, 5) is 30.8. The molecule has 2 amide bonds. The zero-order chi connectivity index (χ0) is 36.1. The number of hydrogen-bond donors (Lipinski definition) is 1. The van der Waals surface area contributed by atoms with Crippen LogP contribution in [0.25, 0.3) is 11.0 Å². The molecular formula is C33H42F6N6O3. The van der Waals surface area contributed by atoms with Crippen LogP contribution in [0, 0.1) is 12.8 Å². The van der Waals surface area contributed by atoms with Crippen LogP contribution in [0.5, 0.6) is 0 Å². The van der Waals surface area contributed by atoms with Crippen molar-refractivity contribution in [1.29, 1.82) is 0 Å². The number of rotatable bonds is 5. The summed E-state index contributed by atoms with van der Waals surface area (Å²) < 4.78 is 83.6. The first-order valence-electron chi connectivity index (χ1n) is 15.7. The zero-order valence-corrected chi connectivity index (χ0v) is 27.5. The number of piperazine rings is 1. The van der Waals surface area contributed by atoms with Crippen molar-refractivity contribution in [2.75, 3.05) is 39.3 Å². The maximum absolute atomic E-state index is 13.1. The van der Waals surface area contributed by atoms with E-state index in [2.05, 4.69) is 33.2 Å². The van der Waals surface area contributed by atoms with Gasteiger partial charge in [0, 0.05) is 45.3 Å². The van der Waals surface area contributed by atoms with Crippen molar-refractivity contribution in [1.82, 2.24) is 30.1 Å². The molecule has 3 aromatic rings. The molecule has 1 N–H and O–H groups in total. The topological polar surface area (TPSA) is 94.7 Å². The molecule has 1 aromatic heterocycles. The van der Waals surface area contributed by atoms with Crippen LogP contribution >= 0.6 is 0 Å². The molecule has 0 spiro atoms. The van der Waals surface area contributed by atoms with Crippen LogP contribution in [0.2, 0.25) is 0 Å². The Balaban J connectivity index is 0.00000126. The summed E-state index contributed by atoms with van der Waals surface area (Å²) in [5, 5.41) is 10.6. The van der Waals surface area contributed by atoms with Gasteiger partial charge in [0.05, 0.1) is 17.5 Å². The molecule has 0 bridgehead atoms. The maximum atomic E-state index is 13.1. The summed E-state index contributed by atoms with van der Waals surface area (Å²) in [5.41, 5.74) is -1.02. The number of alkyl halides is 6. The van der Waals surface area contributed by atoms with Crippen LogP contribution in [0.3, 0.4) is 0 Å². The molecule has 264 valence electrons. The standard InChI is InChI=1S/C27H28F6N6O3.2C2H6.C2H2/c28-26(29,30)19-11-18(12-20(15-19)27(31,32)33)16-42-25(41)39-9-7-37(8-10-39)21-3-5-38(6-4-21)24(40)14-17-1-2-22-23(13-17)35-36-34-22;3*1-2/h1-2,11-13,15,21H,3-10,14,16H2,(H,34,35,36);2*1-2H3;1-2H.